The molecule has 0 aliphatic heterocycles. The summed E-state index contributed by atoms with van der Waals surface area (Å²) in [6.07, 6.45) is 1.66. The van der Waals surface area contributed by atoms with Gasteiger partial charge in [0.05, 0.1) is 0 Å². The highest BCUT2D eigenvalue weighted by Crippen LogP contribution is 2.16. The van der Waals surface area contributed by atoms with Gasteiger partial charge < -0.3 is 10.4 Å². The molecular weight excluding hydrogens is 226 g/mol. The highest BCUT2D eigenvalue weighted by Gasteiger charge is 2.03. The summed E-state index contributed by atoms with van der Waals surface area (Å²) in [5, 5.41) is 12.0. The summed E-state index contributed by atoms with van der Waals surface area (Å²) >= 11 is 5.97. The molecule has 1 aromatic rings. The first kappa shape index (κ1) is 13.0. The largest absolute Gasteiger partial charge is 0.396 e. The van der Waals surface area contributed by atoms with E-state index in [9.17, 15) is 4.79 Å². The van der Waals surface area contributed by atoms with Crippen LogP contribution in [-0.2, 0) is 11.2 Å². The van der Waals surface area contributed by atoms with Crippen molar-refractivity contribution in [2.75, 3.05) is 13.2 Å². The molecule has 0 bridgehead atoms. The highest BCUT2D eigenvalue weighted by molar-refractivity contribution is 6.31. The second-order valence-corrected chi connectivity index (χ2v) is 3.93. The van der Waals surface area contributed by atoms with Gasteiger partial charge in [0.25, 0.3) is 0 Å². The van der Waals surface area contributed by atoms with E-state index < -0.39 is 0 Å². The Labute approximate surface area is 100 Å². The maximum atomic E-state index is 11.4. The molecule has 0 fully saturated rings. The number of nitrogens with one attached hydrogen (secondary N) is 1. The second kappa shape index (κ2) is 7.25. The number of aryl methyl sites for hydroxylation is 1. The predicted molar refractivity (Wildman–Crippen MR) is 64.5 cm³/mol. The third kappa shape index (κ3) is 4.64. The van der Waals surface area contributed by atoms with Gasteiger partial charge in [-0.25, -0.2) is 0 Å². The summed E-state index contributed by atoms with van der Waals surface area (Å²) in [6, 6.07) is 7.52. The lowest BCUT2D eigenvalue weighted by molar-refractivity contribution is -0.121. The minimum absolute atomic E-state index is 0.00614. The average molecular weight is 242 g/mol. The first-order valence-corrected chi connectivity index (χ1v) is 5.73. The molecule has 0 unspecified atom stereocenters. The zero-order valence-electron chi connectivity index (χ0n) is 9.08. The first-order chi connectivity index (χ1) is 7.74. The van der Waals surface area contributed by atoms with Gasteiger partial charge in [-0.05, 0) is 24.5 Å². The van der Waals surface area contributed by atoms with Gasteiger partial charge >= 0.3 is 0 Å². The van der Waals surface area contributed by atoms with Crippen molar-refractivity contribution in [1.82, 2.24) is 5.32 Å². The van der Waals surface area contributed by atoms with Crippen molar-refractivity contribution in [2.45, 2.75) is 19.3 Å². The molecule has 1 aromatic carbocycles. The Hall–Kier alpha value is -1.06. The van der Waals surface area contributed by atoms with E-state index in [2.05, 4.69) is 5.32 Å². The van der Waals surface area contributed by atoms with Crippen molar-refractivity contribution in [1.29, 1.82) is 0 Å². The molecule has 16 heavy (non-hydrogen) atoms. The molecule has 0 saturated carbocycles. The van der Waals surface area contributed by atoms with Gasteiger partial charge in [-0.2, -0.15) is 0 Å². The Morgan fingerprint density at radius 1 is 1.38 bits per heavy atom. The van der Waals surface area contributed by atoms with Crippen LogP contribution in [0.3, 0.4) is 0 Å². The Morgan fingerprint density at radius 2 is 2.12 bits per heavy atom. The Bertz CT molecular complexity index is 342. The van der Waals surface area contributed by atoms with Crippen LogP contribution in [0.4, 0.5) is 0 Å². The zero-order valence-corrected chi connectivity index (χ0v) is 9.83. The van der Waals surface area contributed by atoms with E-state index in [1.165, 1.54) is 0 Å². The van der Waals surface area contributed by atoms with Gasteiger partial charge in [-0.3, -0.25) is 4.79 Å². The number of carbonyl (C=O) groups is 1. The number of carbonyl (C=O) groups excluding carboxylic acids is 1. The van der Waals surface area contributed by atoms with E-state index in [-0.39, 0.29) is 12.5 Å². The standard InChI is InChI=1S/C12H16ClNO2/c13-11-5-2-1-4-10(11)6-7-12(16)14-8-3-9-15/h1-2,4-5,15H,3,6-9H2,(H,14,16). The van der Waals surface area contributed by atoms with E-state index in [1.54, 1.807) is 0 Å². The molecule has 0 atom stereocenters. The molecule has 1 amide bonds. The fourth-order valence-electron chi connectivity index (χ4n) is 1.34. The molecule has 3 nitrogen and oxygen atoms in total. The Kier molecular flexibility index (Phi) is 5.90. The molecule has 0 radical (unpaired) electrons. The highest BCUT2D eigenvalue weighted by atomic mass is 35.5. The minimum Gasteiger partial charge on any atom is -0.396 e. The fraction of sp³-hybridized carbons (Fsp3) is 0.417. The molecule has 0 heterocycles. The number of benzene rings is 1. The van der Waals surface area contributed by atoms with Crippen molar-refractivity contribution in [3.8, 4) is 0 Å². The number of aliphatic hydroxyl groups excluding tert-OH is 1. The lowest BCUT2D eigenvalue weighted by atomic mass is 10.1. The van der Waals surface area contributed by atoms with Crippen LogP contribution >= 0.6 is 11.6 Å². The molecule has 0 saturated heterocycles. The van der Waals surface area contributed by atoms with Crippen LogP contribution in [0.2, 0.25) is 5.02 Å². The topological polar surface area (TPSA) is 49.3 Å². The zero-order chi connectivity index (χ0) is 11.8. The molecule has 0 aromatic heterocycles. The number of halogens is 1. The van der Waals surface area contributed by atoms with Crippen molar-refractivity contribution >= 4 is 17.5 Å². The fourth-order valence-corrected chi connectivity index (χ4v) is 1.57. The summed E-state index contributed by atoms with van der Waals surface area (Å²) in [5.41, 5.74) is 0.987. The van der Waals surface area contributed by atoms with Crippen molar-refractivity contribution in [2.24, 2.45) is 0 Å². The van der Waals surface area contributed by atoms with Gasteiger partial charge in [0.1, 0.15) is 0 Å². The number of hydrogen-bond donors (Lipinski definition) is 2. The van der Waals surface area contributed by atoms with Gasteiger partial charge in [0.2, 0.25) is 5.91 Å². The SMILES string of the molecule is O=C(CCc1ccccc1Cl)NCCCO. The van der Waals surface area contributed by atoms with E-state index in [0.717, 1.165) is 5.56 Å². The van der Waals surface area contributed by atoms with Crippen molar-refractivity contribution < 1.29 is 9.90 Å². The normalized spacial score (nSPS) is 10.1. The summed E-state index contributed by atoms with van der Waals surface area (Å²) < 4.78 is 0. The van der Waals surface area contributed by atoms with Crippen LogP contribution in [0.15, 0.2) is 24.3 Å². The molecule has 88 valence electrons. The average Bonchev–Trinajstić information content (AvgIpc) is 2.28. The summed E-state index contributed by atoms with van der Waals surface area (Å²) in [4.78, 5) is 11.4. The number of rotatable bonds is 6. The summed E-state index contributed by atoms with van der Waals surface area (Å²) in [5.74, 6) is -0.00614. The summed E-state index contributed by atoms with van der Waals surface area (Å²) in [7, 11) is 0. The van der Waals surface area contributed by atoms with E-state index in [4.69, 9.17) is 16.7 Å². The second-order valence-electron chi connectivity index (χ2n) is 3.52. The van der Waals surface area contributed by atoms with Crippen LogP contribution in [0.25, 0.3) is 0 Å². The third-order valence-electron chi connectivity index (χ3n) is 2.24. The molecule has 4 heteroatoms. The van der Waals surface area contributed by atoms with E-state index in [1.807, 2.05) is 24.3 Å². The van der Waals surface area contributed by atoms with Crippen LogP contribution < -0.4 is 5.32 Å². The number of amides is 1. The molecule has 1 rings (SSSR count). The monoisotopic (exact) mass is 241 g/mol. The van der Waals surface area contributed by atoms with Gasteiger partial charge in [-0.1, -0.05) is 29.8 Å². The van der Waals surface area contributed by atoms with Crippen LogP contribution in [-0.4, -0.2) is 24.2 Å². The quantitative estimate of drug-likeness (QED) is 0.746. The lowest BCUT2D eigenvalue weighted by Gasteiger charge is -2.05. The Balaban J connectivity index is 2.29. The number of aliphatic hydroxyl groups is 1. The van der Waals surface area contributed by atoms with E-state index >= 15 is 0 Å². The van der Waals surface area contributed by atoms with E-state index in [0.29, 0.717) is 30.8 Å². The smallest absolute Gasteiger partial charge is 0.220 e. The van der Waals surface area contributed by atoms with Gasteiger partial charge in [0.15, 0.2) is 0 Å². The van der Waals surface area contributed by atoms with Gasteiger partial charge in [0, 0.05) is 24.6 Å². The lowest BCUT2D eigenvalue weighted by Crippen LogP contribution is -2.25. The van der Waals surface area contributed by atoms with Crippen LogP contribution in [0, 0.1) is 0 Å². The van der Waals surface area contributed by atoms with Crippen LogP contribution in [0.1, 0.15) is 18.4 Å². The van der Waals surface area contributed by atoms with Gasteiger partial charge in [-0.15, -0.1) is 0 Å². The predicted octanol–water partition coefficient (Wildman–Crippen LogP) is 1.77. The first-order valence-electron chi connectivity index (χ1n) is 5.35. The molecule has 2 N–H and O–H groups in total. The van der Waals surface area contributed by atoms with Crippen molar-refractivity contribution in [3.63, 3.8) is 0 Å². The minimum atomic E-state index is -0.00614. The summed E-state index contributed by atoms with van der Waals surface area (Å²) in [6.45, 7) is 0.628. The molecule has 0 spiro atoms. The third-order valence-corrected chi connectivity index (χ3v) is 2.61. The number of hydrogen-bond acceptors (Lipinski definition) is 2. The van der Waals surface area contributed by atoms with Crippen LogP contribution in [0.5, 0.6) is 0 Å². The maximum Gasteiger partial charge on any atom is 0.220 e. The Morgan fingerprint density at radius 3 is 2.81 bits per heavy atom. The molecular formula is C12H16ClNO2. The maximum absolute atomic E-state index is 11.4. The molecule has 0 aliphatic carbocycles. The molecule has 0 aliphatic rings. The van der Waals surface area contributed by atoms with Crippen molar-refractivity contribution in [3.05, 3.63) is 34.9 Å².